The standard InChI is InChI=1S/C34H53N3O/c1-9-32(30-13-15-31(16-14-30)33(38)35-22-19-25(2)3)37(28(7)27(6)36-23-11-10-12-24-36)34(8)20-17-29(18-21-34)26(4)5/h13-16,26,29,32H,2,6-7,9-12,17-24H2,1,3-5,8H3,(H,35,38). The molecule has 1 unspecified atom stereocenters. The molecule has 0 radical (unpaired) electrons. The highest BCUT2D eigenvalue weighted by atomic mass is 16.1. The minimum Gasteiger partial charge on any atom is -0.370 e. The van der Waals surface area contributed by atoms with Gasteiger partial charge in [0.15, 0.2) is 0 Å². The molecule has 4 nitrogen and oxygen atoms in total. The van der Waals surface area contributed by atoms with Gasteiger partial charge < -0.3 is 15.1 Å². The number of hydrogen-bond acceptors (Lipinski definition) is 3. The molecule has 3 rings (SSSR count). The number of rotatable bonds is 12. The minimum absolute atomic E-state index is 0.0236. The molecule has 0 aromatic heterocycles. The Labute approximate surface area is 233 Å². The maximum absolute atomic E-state index is 12.7. The van der Waals surface area contributed by atoms with Crippen LogP contribution in [0.5, 0.6) is 0 Å². The fourth-order valence-corrected chi connectivity index (χ4v) is 6.46. The SMILES string of the molecule is C=C(C)CCNC(=O)c1ccc(C(CC)N(C(=C)C(=C)N2CCCCC2)C2(C)CCC(C(C)C)CC2)cc1. The molecule has 1 aliphatic carbocycles. The Morgan fingerprint density at radius 2 is 1.68 bits per heavy atom. The van der Waals surface area contributed by atoms with E-state index in [1.54, 1.807) is 0 Å². The molecule has 1 aliphatic heterocycles. The highest BCUT2D eigenvalue weighted by Gasteiger charge is 2.41. The van der Waals surface area contributed by atoms with Gasteiger partial charge in [-0.15, -0.1) is 6.58 Å². The molecule has 1 saturated carbocycles. The summed E-state index contributed by atoms with van der Waals surface area (Å²) in [6, 6.07) is 8.44. The Balaban J connectivity index is 1.87. The Kier molecular flexibility index (Phi) is 10.7. The summed E-state index contributed by atoms with van der Waals surface area (Å²) in [5.41, 5.74) is 5.21. The molecule has 210 valence electrons. The quantitative estimate of drug-likeness (QED) is 0.223. The first kappa shape index (κ1) is 30.1. The van der Waals surface area contributed by atoms with Crippen molar-refractivity contribution in [2.24, 2.45) is 11.8 Å². The highest BCUT2D eigenvalue weighted by molar-refractivity contribution is 5.94. The maximum atomic E-state index is 12.7. The molecule has 38 heavy (non-hydrogen) atoms. The van der Waals surface area contributed by atoms with Gasteiger partial charge in [0.25, 0.3) is 5.91 Å². The van der Waals surface area contributed by atoms with E-state index in [9.17, 15) is 4.79 Å². The number of amides is 1. The van der Waals surface area contributed by atoms with Gasteiger partial charge in [0.05, 0.1) is 17.4 Å². The van der Waals surface area contributed by atoms with E-state index in [1.165, 1.54) is 50.5 Å². The van der Waals surface area contributed by atoms with Crippen LogP contribution in [-0.2, 0) is 0 Å². The van der Waals surface area contributed by atoms with Crippen molar-refractivity contribution in [3.8, 4) is 0 Å². The Morgan fingerprint density at radius 1 is 1.08 bits per heavy atom. The van der Waals surface area contributed by atoms with Crippen LogP contribution in [0.25, 0.3) is 0 Å². The topological polar surface area (TPSA) is 35.6 Å². The van der Waals surface area contributed by atoms with E-state index < -0.39 is 0 Å². The van der Waals surface area contributed by atoms with Crippen molar-refractivity contribution in [3.63, 3.8) is 0 Å². The number of carbonyl (C=O) groups is 1. The average molecular weight is 520 g/mol. The third kappa shape index (κ3) is 7.33. The van der Waals surface area contributed by atoms with Gasteiger partial charge >= 0.3 is 0 Å². The zero-order chi connectivity index (χ0) is 27.9. The van der Waals surface area contributed by atoms with Crippen LogP contribution >= 0.6 is 0 Å². The van der Waals surface area contributed by atoms with Gasteiger partial charge in [0, 0.05) is 30.7 Å². The lowest BCUT2D eigenvalue weighted by Gasteiger charge is -2.53. The van der Waals surface area contributed by atoms with Crippen molar-refractivity contribution in [3.05, 3.63) is 72.1 Å². The lowest BCUT2D eigenvalue weighted by Crippen LogP contribution is -2.51. The summed E-state index contributed by atoms with van der Waals surface area (Å²) in [4.78, 5) is 17.8. The van der Waals surface area contributed by atoms with Gasteiger partial charge in [-0.1, -0.05) is 51.6 Å². The molecule has 4 heteroatoms. The molecule has 2 aliphatic rings. The summed E-state index contributed by atoms with van der Waals surface area (Å²) in [7, 11) is 0. The van der Waals surface area contributed by atoms with E-state index in [2.05, 4.69) is 68.1 Å². The molecule has 1 N–H and O–H groups in total. The lowest BCUT2D eigenvalue weighted by molar-refractivity contribution is 0.0345. The average Bonchev–Trinajstić information content (AvgIpc) is 2.91. The first-order chi connectivity index (χ1) is 18.1. The molecule has 1 heterocycles. The Hall–Kier alpha value is -2.49. The van der Waals surface area contributed by atoms with Crippen LogP contribution in [0.2, 0.25) is 0 Å². The summed E-state index contributed by atoms with van der Waals surface area (Å²) >= 11 is 0. The van der Waals surface area contributed by atoms with Gasteiger partial charge in [-0.25, -0.2) is 0 Å². The van der Waals surface area contributed by atoms with Crippen LogP contribution in [-0.4, -0.2) is 40.9 Å². The van der Waals surface area contributed by atoms with Gasteiger partial charge in [0.2, 0.25) is 0 Å². The molecule has 1 amide bonds. The smallest absolute Gasteiger partial charge is 0.251 e. The van der Waals surface area contributed by atoms with Gasteiger partial charge in [-0.2, -0.15) is 0 Å². The number of carbonyl (C=O) groups excluding carboxylic acids is 1. The van der Waals surface area contributed by atoms with E-state index in [0.29, 0.717) is 12.1 Å². The summed E-state index contributed by atoms with van der Waals surface area (Å²) < 4.78 is 0. The molecule has 1 aromatic carbocycles. The molecular formula is C34H53N3O. The molecular weight excluding hydrogens is 466 g/mol. The highest BCUT2D eigenvalue weighted by Crippen LogP contribution is 2.46. The lowest BCUT2D eigenvalue weighted by atomic mass is 9.72. The zero-order valence-corrected chi connectivity index (χ0v) is 25.0. The molecule has 1 atom stereocenters. The van der Waals surface area contributed by atoms with Crippen LogP contribution in [0.4, 0.5) is 0 Å². The molecule has 0 bridgehead atoms. The third-order valence-electron chi connectivity index (χ3n) is 9.09. The molecule has 1 aromatic rings. The van der Waals surface area contributed by atoms with E-state index in [0.717, 1.165) is 54.7 Å². The summed E-state index contributed by atoms with van der Waals surface area (Å²) in [6.45, 7) is 27.4. The van der Waals surface area contributed by atoms with Gasteiger partial charge in [0.1, 0.15) is 0 Å². The largest absolute Gasteiger partial charge is 0.370 e. The fraction of sp³-hybridized carbons (Fsp3) is 0.618. The summed E-state index contributed by atoms with van der Waals surface area (Å²) in [6.07, 6.45) is 10.4. The number of likely N-dealkylation sites (tertiary alicyclic amines) is 1. The zero-order valence-electron chi connectivity index (χ0n) is 25.0. The van der Waals surface area contributed by atoms with Crippen LogP contribution < -0.4 is 5.32 Å². The van der Waals surface area contributed by atoms with E-state index in [-0.39, 0.29) is 17.5 Å². The second-order valence-corrected chi connectivity index (χ2v) is 12.4. The van der Waals surface area contributed by atoms with Crippen LogP contribution in [0, 0.1) is 11.8 Å². The normalized spacial score (nSPS) is 22.6. The van der Waals surface area contributed by atoms with Crippen molar-refractivity contribution in [2.45, 2.75) is 104 Å². The predicted molar refractivity (Wildman–Crippen MR) is 162 cm³/mol. The first-order valence-corrected chi connectivity index (χ1v) is 15.0. The summed E-state index contributed by atoms with van der Waals surface area (Å²) in [5.74, 6) is 1.51. The van der Waals surface area contributed by atoms with Crippen LogP contribution in [0.1, 0.15) is 114 Å². The van der Waals surface area contributed by atoms with Crippen molar-refractivity contribution in [2.75, 3.05) is 19.6 Å². The van der Waals surface area contributed by atoms with E-state index >= 15 is 0 Å². The molecule has 1 saturated heterocycles. The number of nitrogens with one attached hydrogen (secondary N) is 1. The second-order valence-electron chi connectivity index (χ2n) is 12.4. The van der Waals surface area contributed by atoms with Crippen molar-refractivity contribution in [1.82, 2.24) is 15.1 Å². The Morgan fingerprint density at radius 3 is 2.21 bits per heavy atom. The van der Waals surface area contributed by atoms with E-state index in [1.807, 2.05) is 19.1 Å². The van der Waals surface area contributed by atoms with Gasteiger partial charge in [-0.05, 0) is 101 Å². The number of hydrogen-bond donors (Lipinski definition) is 1. The first-order valence-electron chi connectivity index (χ1n) is 15.0. The summed E-state index contributed by atoms with van der Waals surface area (Å²) in [5, 5.41) is 3.01. The van der Waals surface area contributed by atoms with Crippen LogP contribution in [0.3, 0.4) is 0 Å². The van der Waals surface area contributed by atoms with Crippen molar-refractivity contribution in [1.29, 1.82) is 0 Å². The van der Waals surface area contributed by atoms with Gasteiger partial charge in [-0.3, -0.25) is 4.79 Å². The number of benzene rings is 1. The monoisotopic (exact) mass is 519 g/mol. The predicted octanol–water partition coefficient (Wildman–Crippen LogP) is 8.25. The fourth-order valence-electron chi connectivity index (χ4n) is 6.46. The van der Waals surface area contributed by atoms with Crippen molar-refractivity contribution >= 4 is 5.91 Å². The van der Waals surface area contributed by atoms with E-state index in [4.69, 9.17) is 6.58 Å². The Bertz CT molecular complexity index is 962. The maximum Gasteiger partial charge on any atom is 0.251 e. The minimum atomic E-state index is -0.0236. The third-order valence-corrected chi connectivity index (χ3v) is 9.09. The molecule has 2 fully saturated rings. The second kappa shape index (κ2) is 13.5. The molecule has 0 spiro atoms. The van der Waals surface area contributed by atoms with Crippen LogP contribution in [0.15, 0.2) is 61.0 Å². The number of nitrogens with zero attached hydrogens (tertiary/aromatic N) is 2. The number of piperidine rings is 1. The van der Waals surface area contributed by atoms with Crippen molar-refractivity contribution < 1.29 is 4.79 Å².